The van der Waals surface area contributed by atoms with Crippen LogP contribution in [0.1, 0.15) is 22.8 Å². The number of benzene rings is 2. The lowest BCUT2D eigenvalue weighted by Crippen LogP contribution is -2.29. The van der Waals surface area contributed by atoms with Gasteiger partial charge < -0.3 is 9.26 Å². The second-order valence-corrected chi connectivity index (χ2v) is 9.15. The van der Waals surface area contributed by atoms with Crippen LogP contribution < -0.4 is 4.74 Å². The first-order chi connectivity index (χ1) is 13.8. The van der Waals surface area contributed by atoms with E-state index in [0.717, 1.165) is 11.1 Å². The van der Waals surface area contributed by atoms with Gasteiger partial charge in [0.1, 0.15) is 5.75 Å². The molecule has 7 nitrogen and oxygen atoms in total. The minimum absolute atomic E-state index is 0.116. The summed E-state index contributed by atoms with van der Waals surface area (Å²) in [6.07, 6.45) is 0.324. The molecule has 0 aliphatic rings. The van der Waals surface area contributed by atoms with Crippen molar-refractivity contribution >= 4 is 21.6 Å². The third kappa shape index (κ3) is 5.35. The van der Waals surface area contributed by atoms with E-state index in [-0.39, 0.29) is 18.0 Å². The molecule has 0 saturated carbocycles. The SMILES string of the molecule is Cc1ccc(S(=O)(=O)N(C)CCc2noc(COc3ccc(Cl)cc3)n2)cc1C. The number of ether oxygens (including phenoxy) is 1. The van der Waals surface area contributed by atoms with Crippen molar-refractivity contribution in [1.29, 1.82) is 0 Å². The summed E-state index contributed by atoms with van der Waals surface area (Å²) < 4.78 is 37.5. The maximum absolute atomic E-state index is 12.7. The number of likely N-dealkylation sites (N-methyl/N-ethyl adjacent to an activating group) is 1. The first-order valence-electron chi connectivity index (χ1n) is 8.99. The molecule has 0 amide bonds. The van der Waals surface area contributed by atoms with Crippen LogP contribution >= 0.6 is 11.6 Å². The van der Waals surface area contributed by atoms with Crippen molar-refractivity contribution in [3.63, 3.8) is 0 Å². The Morgan fingerprint density at radius 1 is 1.10 bits per heavy atom. The van der Waals surface area contributed by atoms with Crippen molar-refractivity contribution in [2.45, 2.75) is 31.8 Å². The van der Waals surface area contributed by atoms with Gasteiger partial charge in [-0.1, -0.05) is 22.8 Å². The molecule has 0 radical (unpaired) electrons. The Kier molecular flexibility index (Phi) is 6.56. The lowest BCUT2D eigenvalue weighted by Gasteiger charge is -2.17. The number of nitrogens with zero attached hydrogens (tertiary/aromatic N) is 3. The number of aryl methyl sites for hydroxylation is 2. The molecule has 29 heavy (non-hydrogen) atoms. The Balaban J connectivity index is 1.56. The van der Waals surface area contributed by atoms with E-state index in [9.17, 15) is 8.42 Å². The summed E-state index contributed by atoms with van der Waals surface area (Å²) in [4.78, 5) is 4.52. The Hall–Kier alpha value is -2.42. The molecule has 3 rings (SSSR count). The highest BCUT2D eigenvalue weighted by atomic mass is 35.5. The quantitative estimate of drug-likeness (QED) is 0.535. The number of hydrogen-bond donors (Lipinski definition) is 0. The summed E-state index contributed by atoms with van der Waals surface area (Å²) in [6, 6.07) is 12.0. The molecule has 0 N–H and O–H groups in total. The molecule has 9 heteroatoms. The third-order valence-electron chi connectivity index (χ3n) is 4.52. The molecular weight excluding hydrogens is 414 g/mol. The largest absolute Gasteiger partial charge is 0.484 e. The average Bonchev–Trinajstić information content (AvgIpc) is 3.15. The fourth-order valence-corrected chi connectivity index (χ4v) is 3.94. The van der Waals surface area contributed by atoms with Crippen molar-refractivity contribution in [3.05, 3.63) is 70.3 Å². The predicted molar refractivity (Wildman–Crippen MR) is 110 cm³/mol. The van der Waals surface area contributed by atoms with Gasteiger partial charge in [-0.15, -0.1) is 0 Å². The van der Waals surface area contributed by atoms with E-state index in [1.54, 1.807) is 36.4 Å². The van der Waals surface area contributed by atoms with Crippen LogP contribution in [-0.4, -0.2) is 36.5 Å². The van der Waals surface area contributed by atoms with Gasteiger partial charge in [0.25, 0.3) is 5.89 Å². The Bertz CT molecular complexity index is 1080. The Morgan fingerprint density at radius 2 is 1.83 bits per heavy atom. The van der Waals surface area contributed by atoms with Crippen molar-refractivity contribution in [3.8, 4) is 5.75 Å². The van der Waals surface area contributed by atoms with Crippen molar-refractivity contribution in [2.75, 3.05) is 13.6 Å². The van der Waals surface area contributed by atoms with Gasteiger partial charge in [0.2, 0.25) is 10.0 Å². The first-order valence-corrected chi connectivity index (χ1v) is 10.8. The van der Waals surface area contributed by atoms with Crippen LogP contribution in [0.2, 0.25) is 5.02 Å². The summed E-state index contributed by atoms with van der Waals surface area (Å²) in [5.74, 6) is 1.37. The second kappa shape index (κ2) is 8.94. The van der Waals surface area contributed by atoms with Gasteiger partial charge in [-0.2, -0.15) is 4.98 Å². The van der Waals surface area contributed by atoms with Crippen molar-refractivity contribution in [2.24, 2.45) is 0 Å². The van der Waals surface area contributed by atoms with Crippen LogP contribution in [0, 0.1) is 13.8 Å². The van der Waals surface area contributed by atoms with E-state index in [1.807, 2.05) is 19.9 Å². The Morgan fingerprint density at radius 3 is 2.52 bits per heavy atom. The molecule has 1 aromatic heterocycles. The molecule has 154 valence electrons. The zero-order valence-corrected chi connectivity index (χ0v) is 18.0. The molecule has 2 aromatic carbocycles. The minimum Gasteiger partial charge on any atom is -0.484 e. The van der Waals surface area contributed by atoms with Gasteiger partial charge in [-0.05, 0) is 61.4 Å². The zero-order chi connectivity index (χ0) is 21.0. The molecule has 0 fully saturated rings. The lowest BCUT2D eigenvalue weighted by atomic mass is 10.1. The number of rotatable bonds is 8. The zero-order valence-electron chi connectivity index (χ0n) is 16.4. The highest BCUT2D eigenvalue weighted by molar-refractivity contribution is 7.89. The monoisotopic (exact) mass is 435 g/mol. The summed E-state index contributed by atoms with van der Waals surface area (Å²) in [7, 11) is -2.04. The van der Waals surface area contributed by atoms with Crippen LogP contribution in [0.15, 0.2) is 51.9 Å². The second-order valence-electron chi connectivity index (χ2n) is 6.67. The van der Waals surface area contributed by atoms with Crippen LogP contribution in [0.3, 0.4) is 0 Å². The molecule has 0 bridgehead atoms. The smallest absolute Gasteiger partial charge is 0.264 e. The van der Waals surface area contributed by atoms with Crippen LogP contribution in [0.25, 0.3) is 0 Å². The lowest BCUT2D eigenvalue weighted by molar-refractivity contribution is 0.242. The maximum atomic E-state index is 12.7. The van der Waals surface area contributed by atoms with E-state index in [0.29, 0.717) is 28.9 Å². The number of aromatic nitrogens is 2. The molecule has 0 aliphatic carbocycles. The molecule has 0 spiro atoms. The highest BCUT2D eigenvalue weighted by Crippen LogP contribution is 2.19. The van der Waals surface area contributed by atoms with E-state index in [2.05, 4.69) is 10.1 Å². The fourth-order valence-electron chi connectivity index (χ4n) is 2.56. The third-order valence-corrected chi connectivity index (χ3v) is 6.63. The van der Waals surface area contributed by atoms with Crippen molar-refractivity contribution < 1.29 is 17.7 Å². The molecule has 0 atom stereocenters. The molecule has 0 saturated heterocycles. The van der Waals surface area contributed by atoms with Gasteiger partial charge >= 0.3 is 0 Å². The Labute approximate surface area is 175 Å². The van der Waals surface area contributed by atoms with Gasteiger partial charge in [-0.25, -0.2) is 12.7 Å². The van der Waals surface area contributed by atoms with Crippen molar-refractivity contribution in [1.82, 2.24) is 14.4 Å². The molecule has 1 heterocycles. The van der Waals surface area contributed by atoms with Gasteiger partial charge in [0.15, 0.2) is 12.4 Å². The van der Waals surface area contributed by atoms with Crippen LogP contribution in [0.4, 0.5) is 0 Å². The number of hydrogen-bond acceptors (Lipinski definition) is 6. The summed E-state index contributed by atoms with van der Waals surface area (Å²) >= 11 is 5.83. The van der Waals surface area contributed by atoms with E-state index >= 15 is 0 Å². The number of halogens is 1. The van der Waals surface area contributed by atoms with Crippen LogP contribution in [-0.2, 0) is 23.1 Å². The molecule has 3 aromatic rings. The molecule has 0 unspecified atom stereocenters. The van der Waals surface area contributed by atoms with Gasteiger partial charge in [0.05, 0.1) is 4.90 Å². The van der Waals surface area contributed by atoms with E-state index < -0.39 is 10.0 Å². The topological polar surface area (TPSA) is 85.5 Å². The highest BCUT2D eigenvalue weighted by Gasteiger charge is 2.21. The number of sulfonamides is 1. The summed E-state index contributed by atoms with van der Waals surface area (Å²) in [5, 5.41) is 4.51. The predicted octanol–water partition coefficient (Wildman–Crippen LogP) is 3.78. The van der Waals surface area contributed by atoms with Gasteiger partial charge in [0, 0.05) is 25.0 Å². The van der Waals surface area contributed by atoms with Gasteiger partial charge in [-0.3, -0.25) is 0 Å². The molecular formula is C20H22ClN3O4S. The average molecular weight is 436 g/mol. The fraction of sp³-hybridized carbons (Fsp3) is 0.300. The first kappa shape index (κ1) is 21.3. The normalized spacial score (nSPS) is 11.8. The summed E-state index contributed by atoms with van der Waals surface area (Å²) in [6.45, 7) is 4.18. The summed E-state index contributed by atoms with van der Waals surface area (Å²) in [5.41, 5.74) is 1.98. The minimum atomic E-state index is -3.58. The van der Waals surface area contributed by atoms with Crippen LogP contribution in [0.5, 0.6) is 5.75 Å². The van der Waals surface area contributed by atoms with E-state index in [1.165, 1.54) is 11.4 Å². The van der Waals surface area contributed by atoms with E-state index in [4.69, 9.17) is 20.9 Å². The maximum Gasteiger partial charge on any atom is 0.264 e. The standard InChI is InChI=1S/C20H22ClN3O4S/c1-14-4-9-18(12-15(14)2)29(25,26)24(3)11-10-19-22-20(28-23-19)13-27-17-7-5-16(21)6-8-17/h4-9,12H,10-11,13H2,1-3H3. The molecule has 0 aliphatic heterocycles.